The minimum absolute atomic E-state index is 0.00928. The number of nitrogens with zero attached hydrogens (tertiary/aromatic N) is 1. The Morgan fingerprint density at radius 1 is 1.15 bits per heavy atom. The Bertz CT molecular complexity index is 483. The number of benzene rings is 1. The number of thioether (sulfide) groups is 2. The maximum atomic E-state index is 10.6. The molecule has 0 aromatic heterocycles. The summed E-state index contributed by atoms with van der Waals surface area (Å²) in [6, 6.07) is 6.02. The molecule has 2 rings (SSSR count). The highest BCUT2D eigenvalue weighted by molar-refractivity contribution is 8.17. The zero-order valence-electron chi connectivity index (χ0n) is 10.6. The van der Waals surface area contributed by atoms with Crippen molar-refractivity contribution in [3.05, 3.63) is 34.4 Å². The zero-order chi connectivity index (χ0) is 14.9. The summed E-state index contributed by atoms with van der Waals surface area (Å²) in [4.78, 5) is 10.9. The van der Waals surface area contributed by atoms with Crippen molar-refractivity contribution in [3.63, 3.8) is 0 Å². The molecule has 5 atom stereocenters. The monoisotopic (exact) mass is 317 g/mol. The lowest BCUT2D eigenvalue weighted by Crippen LogP contribution is -2.51. The van der Waals surface area contributed by atoms with Gasteiger partial charge in [0.25, 0.3) is 5.69 Å². The van der Waals surface area contributed by atoms with Gasteiger partial charge in [-0.25, -0.2) is 0 Å². The fourth-order valence-electron chi connectivity index (χ4n) is 1.89. The first-order valence-electron chi connectivity index (χ1n) is 6.01. The van der Waals surface area contributed by atoms with Crippen LogP contribution < -0.4 is 0 Å². The van der Waals surface area contributed by atoms with Crippen molar-refractivity contribution in [2.45, 2.75) is 40.0 Å². The molecule has 6 nitrogen and oxygen atoms in total. The van der Waals surface area contributed by atoms with Crippen LogP contribution in [0.4, 0.5) is 5.69 Å². The summed E-state index contributed by atoms with van der Waals surface area (Å²) in [7, 11) is 0. The van der Waals surface area contributed by atoms with Crippen molar-refractivity contribution in [2.75, 3.05) is 0 Å². The molecule has 1 heterocycles. The van der Waals surface area contributed by atoms with Gasteiger partial charge in [-0.3, -0.25) is 10.1 Å². The molecule has 1 aliphatic rings. The van der Waals surface area contributed by atoms with E-state index in [2.05, 4.69) is 0 Å². The van der Waals surface area contributed by atoms with Gasteiger partial charge >= 0.3 is 0 Å². The van der Waals surface area contributed by atoms with Gasteiger partial charge < -0.3 is 15.3 Å². The average molecular weight is 317 g/mol. The van der Waals surface area contributed by atoms with Crippen LogP contribution in [0, 0.1) is 10.1 Å². The SMILES string of the molecule is C[C@@H]1S[C@@H](Sc2ccc([N+](=O)[O-])cc2)[C@@H](O)[C@H](O)[C@@H]1O. The third kappa shape index (κ3) is 3.26. The van der Waals surface area contributed by atoms with E-state index < -0.39 is 23.2 Å². The lowest BCUT2D eigenvalue weighted by Gasteiger charge is -2.38. The van der Waals surface area contributed by atoms with Gasteiger partial charge in [-0.2, -0.15) is 0 Å². The second-order valence-electron chi connectivity index (χ2n) is 4.55. The Hall–Kier alpha value is -0.800. The molecule has 1 aromatic carbocycles. The minimum atomic E-state index is -1.18. The van der Waals surface area contributed by atoms with E-state index in [1.807, 2.05) is 0 Å². The molecule has 0 saturated carbocycles. The van der Waals surface area contributed by atoms with Crippen LogP contribution >= 0.6 is 23.5 Å². The summed E-state index contributed by atoms with van der Waals surface area (Å²) in [5.41, 5.74) is 0.00928. The first kappa shape index (κ1) is 15.6. The van der Waals surface area contributed by atoms with Crippen LogP contribution in [-0.2, 0) is 0 Å². The third-order valence-electron chi connectivity index (χ3n) is 3.11. The smallest absolute Gasteiger partial charge is 0.269 e. The highest BCUT2D eigenvalue weighted by Crippen LogP contribution is 2.42. The van der Waals surface area contributed by atoms with Crippen molar-refractivity contribution >= 4 is 29.2 Å². The molecule has 0 spiro atoms. The number of aliphatic hydroxyl groups excluding tert-OH is 3. The summed E-state index contributed by atoms with van der Waals surface area (Å²) in [5, 5.41) is 39.8. The lowest BCUT2D eigenvalue weighted by molar-refractivity contribution is -0.384. The first-order valence-corrected chi connectivity index (χ1v) is 7.83. The Morgan fingerprint density at radius 2 is 1.75 bits per heavy atom. The molecular formula is C12H15NO5S2. The van der Waals surface area contributed by atoms with Crippen LogP contribution in [0.1, 0.15) is 6.92 Å². The van der Waals surface area contributed by atoms with Gasteiger partial charge in [-0.15, -0.1) is 23.5 Å². The van der Waals surface area contributed by atoms with E-state index in [4.69, 9.17) is 0 Å². The van der Waals surface area contributed by atoms with E-state index in [1.165, 1.54) is 35.7 Å². The van der Waals surface area contributed by atoms with Crippen molar-refractivity contribution in [3.8, 4) is 0 Å². The van der Waals surface area contributed by atoms with E-state index >= 15 is 0 Å². The fourth-order valence-corrected chi connectivity index (χ4v) is 4.90. The van der Waals surface area contributed by atoms with Gasteiger partial charge in [-0.05, 0) is 12.1 Å². The molecule has 20 heavy (non-hydrogen) atoms. The van der Waals surface area contributed by atoms with Crippen molar-refractivity contribution in [1.82, 2.24) is 0 Å². The van der Waals surface area contributed by atoms with Crippen LogP contribution in [0.15, 0.2) is 29.2 Å². The lowest BCUT2D eigenvalue weighted by atomic mass is 10.1. The van der Waals surface area contributed by atoms with Crippen LogP contribution in [0.3, 0.4) is 0 Å². The van der Waals surface area contributed by atoms with Gasteiger partial charge in [0.05, 0.1) is 15.6 Å². The molecule has 0 bridgehead atoms. The molecule has 110 valence electrons. The molecule has 1 aromatic rings. The highest BCUT2D eigenvalue weighted by Gasteiger charge is 2.41. The Labute approximate surface area is 124 Å². The predicted octanol–water partition coefficient (Wildman–Crippen LogP) is 1.23. The number of non-ortho nitro benzene ring substituents is 1. The molecule has 0 unspecified atom stereocenters. The summed E-state index contributed by atoms with van der Waals surface area (Å²) in [5.74, 6) is 0. The van der Waals surface area contributed by atoms with Gasteiger partial charge in [0.2, 0.25) is 0 Å². The van der Waals surface area contributed by atoms with Crippen molar-refractivity contribution in [2.24, 2.45) is 0 Å². The van der Waals surface area contributed by atoms with E-state index in [0.717, 1.165) is 4.90 Å². The molecule has 8 heteroatoms. The number of nitro benzene ring substituents is 1. The van der Waals surface area contributed by atoms with Gasteiger partial charge in [0.15, 0.2) is 0 Å². The van der Waals surface area contributed by atoms with E-state index in [0.29, 0.717) is 0 Å². The number of hydrogen-bond acceptors (Lipinski definition) is 7. The second-order valence-corrected chi connectivity index (χ2v) is 7.59. The third-order valence-corrected chi connectivity index (χ3v) is 6.04. The highest BCUT2D eigenvalue weighted by atomic mass is 32.2. The van der Waals surface area contributed by atoms with Crippen LogP contribution in [0.5, 0.6) is 0 Å². The van der Waals surface area contributed by atoms with E-state index in [1.54, 1.807) is 19.1 Å². The van der Waals surface area contributed by atoms with Crippen molar-refractivity contribution in [1.29, 1.82) is 0 Å². The molecular weight excluding hydrogens is 302 g/mol. The standard InChI is InChI=1S/C12H15NO5S2/c1-6-9(14)10(15)11(16)12(19-6)20-8-4-2-7(3-5-8)13(17)18/h2-6,9-12,14-16H,1H3/t6-,9+,10+,11-,12-/m0/s1. The normalized spacial score (nSPS) is 33.9. The van der Waals surface area contributed by atoms with E-state index in [9.17, 15) is 25.4 Å². The largest absolute Gasteiger partial charge is 0.389 e. The summed E-state index contributed by atoms with van der Waals surface area (Å²) >= 11 is 2.70. The number of hydrogen-bond donors (Lipinski definition) is 3. The van der Waals surface area contributed by atoms with Crippen molar-refractivity contribution < 1.29 is 20.2 Å². The van der Waals surface area contributed by atoms with E-state index in [-0.39, 0.29) is 15.5 Å². The molecule has 0 amide bonds. The quantitative estimate of drug-likeness (QED) is 0.569. The summed E-state index contributed by atoms with van der Waals surface area (Å²) in [6.45, 7) is 1.79. The van der Waals surface area contributed by atoms with Crippen LogP contribution in [0.2, 0.25) is 0 Å². The molecule has 1 fully saturated rings. The Morgan fingerprint density at radius 3 is 2.30 bits per heavy atom. The molecule has 1 saturated heterocycles. The Kier molecular flexibility index (Phi) is 4.92. The fraction of sp³-hybridized carbons (Fsp3) is 0.500. The van der Waals surface area contributed by atoms with Crippen LogP contribution in [0.25, 0.3) is 0 Å². The van der Waals surface area contributed by atoms with Crippen LogP contribution in [-0.4, -0.2) is 48.4 Å². The number of aliphatic hydroxyl groups is 3. The number of nitro groups is 1. The maximum absolute atomic E-state index is 10.6. The average Bonchev–Trinajstić information content (AvgIpc) is 2.43. The van der Waals surface area contributed by atoms with Gasteiger partial charge in [0.1, 0.15) is 12.2 Å². The topological polar surface area (TPSA) is 104 Å². The maximum Gasteiger partial charge on any atom is 0.269 e. The molecule has 3 N–H and O–H groups in total. The van der Waals surface area contributed by atoms with Gasteiger partial charge in [-0.1, -0.05) is 6.92 Å². The zero-order valence-corrected chi connectivity index (χ0v) is 12.3. The first-order chi connectivity index (χ1) is 9.40. The molecule has 1 aliphatic heterocycles. The van der Waals surface area contributed by atoms with Gasteiger partial charge in [0, 0.05) is 22.3 Å². The molecule has 0 aliphatic carbocycles. The second kappa shape index (κ2) is 6.31. The predicted molar refractivity (Wildman–Crippen MR) is 77.8 cm³/mol. The summed E-state index contributed by atoms with van der Waals surface area (Å²) in [6.07, 6.45) is -3.18. The minimum Gasteiger partial charge on any atom is -0.389 e. The Balaban J connectivity index is 2.07. The number of rotatable bonds is 3. The molecule has 0 radical (unpaired) electrons. The summed E-state index contributed by atoms with van der Waals surface area (Å²) < 4.78 is -0.329.